The van der Waals surface area contributed by atoms with Gasteiger partial charge < -0.3 is 19.9 Å². The Hall–Kier alpha value is -2.70. The molecule has 0 unspecified atom stereocenters. The zero-order chi connectivity index (χ0) is 15.8. The highest BCUT2D eigenvalue weighted by atomic mass is 16.6. The molecule has 2 saturated heterocycles. The Kier molecular flexibility index (Phi) is 3.33. The van der Waals surface area contributed by atoms with E-state index < -0.39 is 0 Å². The van der Waals surface area contributed by atoms with E-state index in [9.17, 15) is 9.59 Å². The molecule has 120 valence electrons. The van der Waals surface area contributed by atoms with E-state index in [-0.39, 0.29) is 18.2 Å². The fraction of sp³-hybridized carbons (Fsp3) is 0.375. The van der Waals surface area contributed by atoms with Crippen LogP contribution in [0, 0.1) is 0 Å². The maximum Gasteiger partial charge on any atom is 0.410 e. The van der Waals surface area contributed by atoms with Crippen molar-refractivity contribution in [2.24, 2.45) is 0 Å². The van der Waals surface area contributed by atoms with E-state index in [1.54, 1.807) is 9.80 Å². The van der Waals surface area contributed by atoms with Gasteiger partial charge in [0.05, 0.1) is 6.04 Å². The molecule has 1 aromatic heterocycles. The van der Waals surface area contributed by atoms with Gasteiger partial charge in [0.15, 0.2) is 0 Å². The molecule has 0 spiro atoms. The summed E-state index contributed by atoms with van der Waals surface area (Å²) in [7, 11) is 0. The van der Waals surface area contributed by atoms with Crippen molar-refractivity contribution in [2.75, 3.05) is 26.2 Å². The predicted octanol–water partition coefficient (Wildman–Crippen LogP) is 1.51. The first-order chi connectivity index (χ1) is 11.2. The lowest BCUT2D eigenvalue weighted by Crippen LogP contribution is -2.55. The molecule has 7 heteroatoms. The average Bonchev–Trinajstić information content (AvgIpc) is 3.18. The smallest absolute Gasteiger partial charge is 0.410 e. The normalized spacial score (nSPS) is 20.5. The maximum atomic E-state index is 12.3. The zero-order valence-electron chi connectivity index (χ0n) is 12.6. The molecule has 2 fully saturated rings. The monoisotopic (exact) mass is 314 g/mol. The molecule has 0 bridgehead atoms. The van der Waals surface area contributed by atoms with Crippen LogP contribution in [-0.2, 0) is 11.3 Å². The number of aromatic amines is 1. The summed E-state index contributed by atoms with van der Waals surface area (Å²) in [6.07, 6.45) is 1.63. The Morgan fingerprint density at radius 3 is 3.17 bits per heavy atom. The number of urea groups is 1. The van der Waals surface area contributed by atoms with Gasteiger partial charge in [-0.25, -0.2) is 9.59 Å². The molecule has 0 saturated carbocycles. The number of carbonyl (C=O) groups is 2. The van der Waals surface area contributed by atoms with Crippen molar-refractivity contribution < 1.29 is 14.3 Å². The van der Waals surface area contributed by atoms with E-state index in [1.807, 2.05) is 30.5 Å². The summed E-state index contributed by atoms with van der Waals surface area (Å²) in [5.74, 6) is 0. The van der Waals surface area contributed by atoms with E-state index in [2.05, 4.69) is 10.3 Å². The van der Waals surface area contributed by atoms with Gasteiger partial charge in [-0.1, -0.05) is 12.1 Å². The quantitative estimate of drug-likeness (QED) is 0.882. The Morgan fingerprint density at radius 1 is 1.35 bits per heavy atom. The summed E-state index contributed by atoms with van der Waals surface area (Å²) in [5.41, 5.74) is 2.11. The second-order valence-electron chi connectivity index (χ2n) is 5.93. The number of hydrogen-bond acceptors (Lipinski definition) is 3. The minimum Gasteiger partial charge on any atom is -0.447 e. The van der Waals surface area contributed by atoms with E-state index in [0.29, 0.717) is 32.8 Å². The first-order valence-electron chi connectivity index (χ1n) is 7.73. The summed E-state index contributed by atoms with van der Waals surface area (Å²) in [6.45, 7) is 2.44. The summed E-state index contributed by atoms with van der Waals surface area (Å²) < 4.78 is 5.02. The molecule has 2 N–H and O–H groups in total. The van der Waals surface area contributed by atoms with E-state index in [1.165, 1.54) is 0 Å². The largest absolute Gasteiger partial charge is 0.447 e. The second kappa shape index (κ2) is 5.49. The van der Waals surface area contributed by atoms with Crippen LogP contribution in [-0.4, -0.2) is 59.2 Å². The van der Waals surface area contributed by atoms with Gasteiger partial charge in [-0.05, 0) is 23.1 Å². The van der Waals surface area contributed by atoms with Gasteiger partial charge >= 0.3 is 12.1 Å². The molecular formula is C16H18N4O3. The Balaban J connectivity index is 1.35. The molecule has 23 heavy (non-hydrogen) atoms. The van der Waals surface area contributed by atoms with Crippen LogP contribution in [0.3, 0.4) is 0 Å². The van der Waals surface area contributed by atoms with Crippen molar-refractivity contribution in [3.63, 3.8) is 0 Å². The van der Waals surface area contributed by atoms with Crippen LogP contribution in [0.2, 0.25) is 0 Å². The first kappa shape index (κ1) is 13.9. The first-order valence-corrected chi connectivity index (χ1v) is 7.73. The highest BCUT2D eigenvalue weighted by molar-refractivity contribution is 5.80. The molecule has 1 atom stereocenters. The van der Waals surface area contributed by atoms with Gasteiger partial charge in [-0.3, -0.25) is 4.90 Å². The van der Waals surface area contributed by atoms with Crippen molar-refractivity contribution in [1.82, 2.24) is 20.1 Å². The number of fused-ring (bicyclic) bond motifs is 2. The minimum atomic E-state index is -0.269. The van der Waals surface area contributed by atoms with Gasteiger partial charge in [0.25, 0.3) is 0 Å². The topological polar surface area (TPSA) is 77.7 Å². The minimum absolute atomic E-state index is 0.0164. The van der Waals surface area contributed by atoms with Gasteiger partial charge in [0.1, 0.15) is 6.61 Å². The van der Waals surface area contributed by atoms with Gasteiger partial charge in [0, 0.05) is 37.9 Å². The van der Waals surface area contributed by atoms with Crippen LogP contribution in [0.5, 0.6) is 0 Å². The molecule has 2 aliphatic rings. The molecule has 1 aromatic carbocycles. The molecule has 0 aliphatic carbocycles. The Morgan fingerprint density at radius 2 is 2.26 bits per heavy atom. The highest BCUT2D eigenvalue weighted by Crippen LogP contribution is 2.18. The number of H-pyrrole nitrogens is 1. The molecule has 3 amide bonds. The number of ether oxygens (including phenoxy) is 1. The molecule has 2 aromatic rings. The van der Waals surface area contributed by atoms with Gasteiger partial charge in [0.2, 0.25) is 0 Å². The number of piperazine rings is 1. The number of nitrogens with one attached hydrogen (secondary N) is 2. The second-order valence-corrected chi connectivity index (χ2v) is 5.93. The number of aromatic nitrogens is 1. The Labute approximate surface area is 133 Å². The third-order valence-corrected chi connectivity index (χ3v) is 4.47. The third kappa shape index (κ3) is 2.58. The number of nitrogens with zero attached hydrogens (tertiary/aromatic N) is 2. The average molecular weight is 314 g/mol. The molecule has 4 rings (SSSR count). The number of amides is 3. The molecule has 0 radical (unpaired) electrons. The van der Waals surface area contributed by atoms with Crippen molar-refractivity contribution >= 4 is 23.0 Å². The van der Waals surface area contributed by atoms with Crippen LogP contribution in [0.1, 0.15) is 5.56 Å². The number of cyclic esters (lactones) is 1. The Bertz CT molecular complexity index is 757. The van der Waals surface area contributed by atoms with E-state index >= 15 is 0 Å². The van der Waals surface area contributed by atoms with Gasteiger partial charge in [-0.2, -0.15) is 0 Å². The van der Waals surface area contributed by atoms with E-state index in [0.717, 1.165) is 16.5 Å². The number of benzene rings is 1. The fourth-order valence-corrected chi connectivity index (χ4v) is 3.17. The van der Waals surface area contributed by atoms with Crippen molar-refractivity contribution in [1.29, 1.82) is 0 Å². The lowest BCUT2D eigenvalue weighted by atomic mass is 10.1. The molecular weight excluding hydrogens is 296 g/mol. The van der Waals surface area contributed by atoms with Crippen LogP contribution in [0.15, 0.2) is 30.5 Å². The number of carbonyl (C=O) groups excluding carboxylic acids is 2. The van der Waals surface area contributed by atoms with Crippen LogP contribution < -0.4 is 5.32 Å². The molecule has 3 heterocycles. The lowest BCUT2D eigenvalue weighted by molar-refractivity contribution is 0.127. The lowest BCUT2D eigenvalue weighted by Gasteiger charge is -2.35. The fourth-order valence-electron chi connectivity index (χ4n) is 3.17. The van der Waals surface area contributed by atoms with Crippen LogP contribution in [0.4, 0.5) is 9.59 Å². The van der Waals surface area contributed by atoms with Crippen molar-refractivity contribution in [3.8, 4) is 0 Å². The standard InChI is InChI=1S/C16H18N4O3/c21-15(19-5-6-20-13(9-19)10-23-16(20)22)18-8-11-1-2-12-3-4-17-14(12)7-11/h1-4,7,13,17H,5-6,8-10H2,(H,18,21)/t13-/m1/s1. The van der Waals surface area contributed by atoms with Crippen LogP contribution >= 0.6 is 0 Å². The SMILES string of the molecule is O=C(NCc1ccc2cc[nH]c2c1)N1CCN2C(=O)OC[C@H]2C1. The zero-order valence-corrected chi connectivity index (χ0v) is 12.6. The van der Waals surface area contributed by atoms with Crippen LogP contribution in [0.25, 0.3) is 10.9 Å². The summed E-state index contributed by atoms with van der Waals surface area (Å²) in [6, 6.07) is 7.98. The molecule has 7 nitrogen and oxygen atoms in total. The number of rotatable bonds is 2. The summed E-state index contributed by atoms with van der Waals surface area (Å²) in [4.78, 5) is 30.4. The third-order valence-electron chi connectivity index (χ3n) is 4.47. The van der Waals surface area contributed by atoms with E-state index in [4.69, 9.17) is 4.74 Å². The maximum absolute atomic E-state index is 12.3. The van der Waals surface area contributed by atoms with Crippen molar-refractivity contribution in [3.05, 3.63) is 36.0 Å². The predicted molar refractivity (Wildman–Crippen MR) is 83.9 cm³/mol. The van der Waals surface area contributed by atoms with Gasteiger partial charge in [-0.15, -0.1) is 0 Å². The summed E-state index contributed by atoms with van der Waals surface area (Å²) >= 11 is 0. The number of hydrogen-bond donors (Lipinski definition) is 2. The summed E-state index contributed by atoms with van der Waals surface area (Å²) in [5, 5.41) is 4.10. The van der Waals surface area contributed by atoms with Crippen molar-refractivity contribution in [2.45, 2.75) is 12.6 Å². The molecule has 2 aliphatic heterocycles. The highest BCUT2D eigenvalue weighted by Gasteiger charge is 2.38.